The molecule has 0 spiro atoms. The fourth-order valence-electron chi connectivity index (χ4n) is 2.00. The molecule has 1 N–H and O–H groups in total. The molecule has 0 aromatic carbocycles. The van der Waals surface area contributed by atoms with Crippen LogP contribution in [0.4, 0.5) is 0 Å². The summed E-state index contributed by atoms with van der Waals surface area (Å²) in [7, 11) is 0. The molecule has 100 valence electrons. The van der Waals surface area contributed by atoms with Crippen LogP contribution in [0.25, 0.3) is 0 Å². The second kappa shape index (κ2) is 6.20. The van der Waals surface area contributed by atoms with Crippen LogP contribution in [0, 0.1) is 5.92 Å². The SMILES string of the molecule is C[C@@H](Cn1cc(Cl)cn1)C(=O)NC[C@H]1CCCO1. The molecule has 1 amide bonds. The molecule has 18 heavy (non-hydrogen) atoms. The Hall–Kier alpha value is -1.07. The van der Waals surface area contributed by atoms with E-state index in [2.05, 4.69) is 10.4 Å². The molecule has 1 saturated heterocycles. The predicted molar refractivity (Wildman–Crippen MR) is 68.4 cm³/mol. The number of aromatic nitrogens is 2. The van der Waals surface area contributed by atoms with E-state index in [1.165, 1.54) is 0 Å². The van der Waals surface area contributed by atoms with Crippen molar-refractivity contribution in [1.29, 1.82) is 0 Å². The first kappa shape index (κ1) is 13.4. The van der Waals surface area contributed by atoms with Gasteiger partial charge in [0.1, 0.15) is 0 Å². The smallest absolute Gasteiger partial charge is 0.224 e. The second-order valence-corrected chi connectivity index (χ2v) is 5.10. The normalized spacial score (nSPS) is 20.9. The summed E-state index contributed by atoms with van der Waals surface area (Å²) in [5.41, 5.74) is 0. The van der Waals surface area contributed by atoms with Crippen LogP contribution in [0.15, 0.2) is 12.4 Å². The molecule has 6 heteroatoms. The molecule has 0 aliphatic carbocycles. The number of ether oxygens (including phenoxy) is 1. The molecule has 2 atom stereocenters. The molecule has 0 bridgehead atoms. The van der Waals surface area contributed by atoms with Crippen molar-refractivity contribution in [2.24, 2.45) is 5.92 Å². The molecule has 1 aromatic heterocycles. The Kier molecular flexibility index (Phi) is 4.60. The van der Waals surface area contributed by atoms with Crippen LogP contribution >= 0.6 is 11.6 Å². The van der Waals surface area contributed by atoms with Gasteiger partial charge in [0, 0.05) is 19.3 Å². The number of amides is 1. The summed E-state index contributed by atoms with van der Waals surface area (Å²) in [6.45, 7) is 3.81. The summed E-state index contributed by atoms with van der Waals surface area (Å²) in [6.07, 6.45) is 5.58. The van der Waals surface area contributed by atoms with Crippen molar-refractivity contribution in [3.8, 4) is 0 Å². The highest BCUT2D eigenvalue weighted by atomic mass is 35.5. The molecular formula is C12H18ClN3O2. The summed E-state index contributed by atoms with van der Waals surface area (Å²) >= 11 is 5.77. The topological polar surface area (TPSA) is 56.2 Å². The van der Waals surface area contributed by atoms with Crippen LogP contribution in [0.5, 0.6) is 0 Å². The highest BCUT2D eigenvalue weighted by Crippen LogP contribution is 2.11. The first-order valence-corrected chi connectivity index (χ1v) is 6.60. The Labute approximate surface area is 111 Å². The van der Waals surface area contributed by atoms with Gasteiger partial charge in [0.05, 0.1) is 29.8 Å². The first-order valence-electron chi connectivity index (χ1n) is 6.22. The van der Waals surface area contributed by atoms with Crippen molar-refractivity contribution in [2.45, 2.75) is 32.4 Å². The van der Waals surface area contributed by atoms with Gasteiger partial charge in [-0.05, 0) is 12.8 Å². The number of hydrogen-bond acceptors (Lipinski definition) is 3. The second-order valence-electron chi connectivity index (χ2n) is 4.66. The number of nitrogens with one attached hydrogen (secondary N) is 1. The fraction of sp³-hybridized carbons (Fsp3) is 0.667. The van der Waals surface area contributed by atoms with E-state index >= 15 is 0 Å². The van der Waals surface area contributed by atoms with E-state index in [-0.39, 0.29) is 17.9 Å². The highest BCUT2D eigenvalue weighted by molar-refractivity contribution is 6.30. The van der Waals surface area contributed by atoms with Crippen molar-refractivity contribution in [3.63, 3.8) is 0 Å². The molecule has 2 heterocycles. The Morgan fingerprint density at radius 1 is 1.78 bits per heavy atom. The van der Waals surface area contributed by atoms with E-state index in [0.717, 1.165) is 19.4 Å². The van der Waals surface area contributed by atoms with Gasteiger partial charge in [-0.3, -0.25) is 9.48 Å². The van der Waals surface area contributed by atoms with Crippen LogP contribution < -0.4 is 5.32 Å². The van der Waals surface area contributed by atoms with Crippen LogP contribution in [0.2, 0.25) is 5.02 Å². The van der Waals surface area contributed by atoms with Crippen molar-refractivity contribution in [2.75, 3.05) is 13.2 Å². The van der Waals surface area contributed by atoms with Crippen molar-refractivity contribution >= 4 is 17.5 Å². The minimum absolute atomic E-state index is 0.0251. The van der Waals surface area contributed by atoms with E-state index in [0.29, 0.717) is 18.1 Å². The number of halogens is 1. The maximum Gasteiger partial charge on any atom is 0.224 e. The van der Waals surface area contributed by atoms with Crippen molar-refractivity contribution < 1.29 is 9.53 Å². The van der Waals surface area contributed by atoms with Gasteiger partial charge < -0.3 is 10.1 Å². The Balaban J connectivity index is 1.74. The van der Waals surface area contributed by atoms with Crippen molar-refractivity contribution in [3.05, 3.63) is 17.4 Å². The standard InChI is InChI=1S/C12H18ClN3O2/c1-9(7-16-8-10(13)5-15-16)12(17)14-6-11-3-2-4-18-11/h5,8-9,11H,2-4,6-7H2,1H3,(H,14,17)/t9-,11+/m0/s1. The zero-order valence-corrected chi connectivity index (χ0v) is 11.2. The number of rotatable bonds is 5. The molecule has 0 unspecified atom stereocenters. The zero-order valence-electron chi connectivity index (χ0n) is 10.4. The van der Waals surface area contributed by atoms with Crippen LogP contribution in [0.1, 0.15) is 19.8 Å². The lowest BCUT2D eigenvalue weighted by Gasteiger charge is -2.14. The minimum Gasteiger partial charge on any atom is -0.376 e. The molecule has 1 fully saturated rings. The van der Waals surface area contributed by atoms with Crippen LogP contribution in [-0.4, -0.2) is 34.9 Å². The molecule has 0 saturated carbocycles. The average Bonchev–Trinajstić information content (AvgIpc) is 2.97. The number of nitrogens with zero attached hydrogens (tertiary/aromatic N) is 2. The highest BCUT2D eigenvalue weighted by Gasteiger charge is 2.19. The summed E-state index contributed by atoms with van der Waals surface area (Å²) in [5, 5.41) is 7.55. The molecule has 1 aliphatic rings. The largest absolute Gasteiger partial charge is 0.376 e. The third kappa shape index (κ3) is 3.71. The van der Waals surface area contributed by atoms with Gasteiger partial charge >= 0.3 is 0 Å². The quantitative estimate of drug-likeness (QED) is 0.882. The van der Waals surface area contributed by atoms with Crippen molar-refractivity contribution in [1.82, 2.24) is 15.1 Å². The molecule has 1 aromatic rings. The number of carbonyl (C=O) groups excluding carboxylic acids is 1. The van der Waals surface area contributed by atoms with E-state index in [4.69, 9.17) is 16.3 Å². The number of carbonyl (C=O) groups is 1. The number of hydrogen-bond donors (Lipinski definition) is 1. The van der Waals surface area contributed by atoms with E-state index in [9.17, 15) is 4.79 Å². The summed E-state index contributed by atoms with van der Waals surface area (Å²) in [6, 6.07) is 0. The predicted octanol–water partition coefficient (Wildman–Crippen LogP) is 1.47. The van der Waals surface area contributed by atoms with E-state index < -0.39 is 0 Å². The van der Waals surface area contributed by atoms with E-state index in [1.54, 1.807) is 17.1 Å². The maximum atomic E-state index is 11.9. The van der Waals surface area contributed by atoms with Crippen LogP contribution in [-0.2, 0) is 16.1 Å². The summed E-state index contributed by atoms with van der Waals surface area (Å²) < 4.78 is 7.13. The zero-order chi connectivity index (χ0) is 13.0. The fourth-order valence-corrected chi connectivity index (χ4v) is 2.15. The van der Waals surface area contributed by atoms with Gasteiger partial charge in [0.15, 0.2) is 0 Å². The third-order valence-electron chi connectivity index (χ3n) is 3.04. The van der Waals surface area contributed by atoms with Crippen LogP contribution in [0.3, 0.4) is 0 Å². The van der Waals surface area contributed by atoms with Gasteiger partial charge in [-0.15, -0.1) is 0 Å². The van der Waals surface area contributed by atoms with Gasteiger partial charge in [-0.1, -0.05) is 18.5 Å². The van der Waals surface area contributed by atoms with Gasteiger partial charge in [0.25, 0.3) is 0 Å². The average molecular weight is 272 g/mol. The Morgan fingerprint density at radius 3 is 3.22 bits per heavy atom. The monoisotopic (exact) mass is 271 g/mol. The van der Waals surface area contributed by atoms with Gasteiger partial charge in [-0.2, -0.15) is 5.10 Å². The lowest BCUT2D eigenvalue weighted by atomic mass is 10.1. The van der Waals surface area contributed by atoms with E-state index in [1.807, 2.05) is 6.92 Å². The molecule has 1 aliphatic heterocycles. The Morgan fingerprint density at radius 2 is 2.61 bits per heavy atom. The summed E-state index contributed by atoms with van der Waals surface area (Å²) in [4.78, 5) is 11.9. The molecule has 5 nitrogen and oxygen atoms in total. The molecule has 0 radical (unpaired) electrons. The molecule has 2 rings (SSSR count). The summed E-state index contributed by atoms with van der Waals surface area (Å²) in [5.74, 6) is -0.112. The lowest BCUT2D eigenvalue weighted by molar-refractivity contribution is -0.125. The first-order chi connectivity index (χ1) is 8.65. The van der Waals surface area contributed by atoms with Gasteiger partial charge in [-0.25, -0.2) is 0 Å². The third-order valence-corrected chi connectivity index (χ3v) is 3.23. The lowest BCUT2D eigenvalue weighted by Crippen LogP contribution is -2.36. The van der Waals surface area contributed by atoms with Gasteiger partial charge in [0.2, 0.25) is 5.91 Å². The Bertz CT molecular complexity index is 402. The molecular weight excluding hydrogens is 254 g/mol. The minimum atomic E-state index is -0.137. The maximum absolute atomic E-state index is 11.9.